The summed E-state index contributed by atoms with van der Waals surface area (Å²) in [5.74, 6) is 2.95. The number of hydrogen-bond acceptors (Lipinski definition) is 3. The van der Waals surface area contributed by atoms with Crippen molar-refractivity contribution in [3.63, 3.8) is 0 Å². The van der Waals surface area contributed by atoms with Gasteiger partial charge in [0.2, 0.25) is 5.91 Å². The fourth-order valence-electron chi connectivity index (χ4n) is 2.93. The van der Waals surface area contributed by atoms with E-state index >= 15 is 0 Å². The van der Waals surface area contributed by atoms with Crippen LogP contribution in [0.5, 0.6) is 0 Å². The van der Waals surface area contributed by atoms with E-state index in [2.05, 4.69) is 21.2 Å². The molecule has 0 spiro atoms. The topological polar surface area (TPSA) is 98.3 Å². The van der Waals surface area contributed by atoms with Gasteiger partial charge in [0.25, 0.3) is 0 Å². The molecule has 1 aliphatic rings. The molecule has 1 fully saturated rings. The van der Waals surface area contributed by atoms with E-state index in [0.717, 1.165) is 18.7 Å². The molecule has 7 heteroatoms. The Morgan fingerprint density at radius 3 is 2.91 bits per heavy atom. The number of likely N-dealkylation sites (tertiary alicyclic amines) is 1. The zero-order valence-electron chi connectivity index (χ0n) is 13.4. The van der Waals surface area contributed by atoms with Gasteiger partial charge >= 0.3 is 6.09 Å². The molecule has 0 radical (unpaired) electrons. The first-order chi connectivity index (χ1) is 10.9. The molecule has 3 N–H and O–H groups in total. The Morgan fingerprint density at radius 2 is 2.35 bits per heavy atom. The van der Waals surface area contributed by atoms with Gasteiger partial charge in [0.1, 0.15) is 17.6 Å². The highest BCUT2D eigenvalue weighted by Crippen LogP contribution is 2.22. The summed E-state index contributed by atoms with van der Waals surface area (Å²) >= 11 is 0. The van der Waals surface area contributed by atoms with Crippen LogP contribution in [-0.2, 0) is 11.2 Å². The van der Waals surface area contributed by atoms with Gasteiger partial charge in [0, 0.05) is 19.0 Å². The van der Waals surface area contributed by atoms with Crippen molar-refractivity contribution in [2.75, 3.05) is 6.54 Å². The van der Waals surface area contributed by atoms with E-state index in [0.29, 0.717) is 18.7 Å². The minimum Gasteiger partial charge on any atom is -0.465 e. The third kappa shape index (κ3) is 4.03. The highest BCUT2D eigenvalue weighted by Gasteiger charge is 2.35. The Bertz CT molecular complexity index is 617. The maximum Gasteiger partial charge on any atom is 0.405 e. The van der Waals surface area contributed by atoms with Crippen molar-refractivity contribution in [2.24, 2.45) is 5.92 Å². The molecule has 2 atom stereocenters. The third-order valence-electron chi connectivity index (χ3n) is 4.08. The Hall–Kier alpha value is -2.49. The van der Waals surface area contributed by atoms with Gasteiger partial charge in [-0.2, -0.15) is 0 Å². The lowest BCUT2D eigenvalue weighted by Gasteiger charge is -2.30. The average molecular weight is 318 g/mol. The lowest BCUT2D eigenvalue weighted by molar-refractivity contribution is -0.135. The zero-order chi connectivity index (χ0) is 17.0. The van der Waals surface area contributed by atoms with E-state index < -0.39 is 12.1 Å². The van der Waals surface area contributed by atoms with Crippen molar-refractivity contribution >= 4 is 12.0 Å². The second kappa shape index (κ2) is 7.18. The van der Waals surface area contributed by atoms with E-state index in [1.165, 1.54) is 0 Å². The minimum absolute atomic E-state index is 0.0103. The molecule has 1 aromatic rings. The molecule has 0 saturated carbocycles. The minimum atomic E-state index is -1.18. The van der Waals surface area contributed by atoms with Crippen LogP contribution in [0, 0.1) is 18.3 Å². The van der Waals surface area contributed by atoms with Gasteiger partial charge in [-0.1, -0.05) is 19.8 Å². The van der Waals surface area contributed by atoms with Crippen LogP contribution in [-0.4, -0.2) is 50.6 Å². The van der Waals surface area contributed by atoms with Gasteiger partial charge in [-0.25, -0.2) is 9.78 Å². The number of carbonyl (C=O) groups is 2. The SMILES string of the molecule is C#Cc1cnc(CC2CCCN2C(=O)C(NC(=O)O)C(C)C)[nH]1. The number of rotatable bonds is 5. The van der Waals surface area contributed by atoms with Crippen LogP contribution in [0.4, 0.5) is 4.79 Å². The summed E-state index contributed by atoms with van der Waals surface area (Å²) in [6, 6.07) is -0.720. The van der Waals surface area contributed by atoms with E-state index in [1.807, 2.05) is 13.8 Å². The van der Waals surface area contributed by atoms with Crippen molar-refractivity contribution in [1.82, 2.24) is 20.2 Å². The van der Waals surface area contributed by atoms with Crippen molar-refractivity contribution in [3.8, 4) is 12.3 Å². The predicted molar refractivity (Wildman–Crippen MR) is 84.7 cm³/mol. The summed E-state index contributed by atoms with van der Waals surface area (Å²) in [6.45, 7) is 4.29. The van der Waals surface area contributed by atoms with Crippen molar-refractivity contribution in [3.05, 3.63) is 17.7 Å². The molecule has 23 heavy (non-hydrogen) atoms. The fraction of sp³-hybridized carbons (Fsp3) is 0.562. The van der Waals surface area contributed by atoms with Gasteiger partial charge in [0.05, 0.1) is 6.20 Å². The summed E-state index contributed by atoms with van der Waals surface area (Å²) in [6.07, 6.45) is 8.09. The Kier molecular flexibility index (Phi) is 5.27. The van der Waals surface area contributed by atoms with Crippen LogP contribution in [0.15, 0.2) is 6.20 Å². The molecule has 2 unspecified atom stereocenters. The standard InChI is InChI=1S/C16H22N4O3/c1-4-11-9-17-13(18-11)8-12-6-5-7-20(12)15(21)14(10(2)3)19-16(22)23/h1,9-10,12,14,19H,5-8H2,2-3H3,(H,17,18)(H,22,23). The summed E-state index contributed by atoms with van der Waals surface area (Å²) in [4.78, 5) is 32.7. The van der Waals surface area contributed by atoms with Crippen molar-refractivity contribution in [1.29, 1.82) is 0 Å². The molecule has 2 heterocycles. The number of amides is 2. The Labute approximate surface area is 135 Å². The molecule has 1 saturated heterocycles. The maximum absolute atomic E-state index is 12.7. The Balaban J connectivity index is 2.08. The molecular weight excluding hydrogens is 296 g/mol. The first-order valence-electron chi connectivity index (χ1n) is 7.72. The molecule has 0 aromatic carbocycles. The van der Waals surface area contributed by atoms with Crippen molar-refractivity contribution in [2.45, 2.75) is 45.2 Å². The molecule has 0 bridgehead atoms. The molecule has 7 nitrogen and oxygen atoms in total. The molecule has 2 rings (SSSR count). The van der Waals surface area contributed by atoms with Gasteiger partial charge < -0.3 is 20.3 Å². The number of carbonyl (C=O) groups excluding carboxylic acids is 1. The molecular formula is C16H22N4O3. The Morgan fingerprint density at radius 1 is 1.61 bits per heavy atom. The first kappa shape index (κ1) is 16.9. The number of hydrogen-bond donors (Lipinski definition) is 3. The van der Waals surface area contributed by atoms with Crippen LogP contribution in [0.1, 0.15) is 38.2 Å². The summed E-state index contributed by atoms with van der Waals surface area (Å²) in [5, 5.41) is 11.3. The van der Waals surface area contributed by atoms with Gasteiger partial charge in [-0.05, 0) is 18.8 Å². The second-order valence-electron chi connectivity index (χ2n) is 6.09. The monoisotopic (exact) mass is 318 g/mol. The highest BCUT2D eigenvalue weighted by molar-refractivity contribution is 5.86. The van der Waals surface area contributed by atoms with Gasteiger partial charge in [0.15, 0.2) is 0 Å². The number of nitrogens with zero attached hydrogens (tertiary/aromatic N) is 2. The summed E-state index contributed by atoms with van der Waals surface area (Å²) in [5.41, 5.74) is 0.614. The number of carboxylic acid groups (broad SMARTS) is 1. The molecule has 1 aliphatic heterocycles. The highest BCUT2D eigenvalue weighted by atomic mass is 16.4. The van der Waals surface area contributed by atoms with Gasteiger partial charge in [-0.3, -0.25) is 4.79 Å². The number of H-pyrrole nitrogens is 1. The van der Waals surface area contributed by atoms with E-state index in [9.17, 15) is 9.59 Å². The largest absolute Gasteiger partial charge is 0.465 e. The third-order valence-corrected chi connectivity index (χ3v) is 4.08. The fourth-order valence-corrected chi connectivity index (χ4v) is 2.93. The van der Waals surface area contributed by atoms with Crippen LogP contribution in [0.2, 0.25) is 0 Å². The lowest BCUT2D eigenvalue weighted by Crippen LogP contribution is -2.52. The molecule has 2 amide bonds. The second-order valence-corrected chi connectivity index (χ2v) is 6.09. The number of imidazole rings is 1. The zero-order valence-corrected chi connectivity index (χ0v) is 13.4. The smallest absolute Gasteiger partial charge is 0.405 e. The van der Waals surface area contributed by atoms with E-state index in [-0.39, 0.29) is 17.9 Å². The number of terminal acetylenes is 1. The number of aromatic nitrogens is 2. The maximum atomic E-state index is 12.7. The molecule has 1 aromatic heterocycles. The molecule has 0 aliphatic carbocycles. The summed E-state index contributed by atoms with van der Waals surface area (Å²) in [7, 11) is 0. The van der Waals surface area contributed by atoms with Gasteiger partial charge in [-0.15, -0.1) is 6.42 Å². The molecule has 124 valence electrons. The lowest BCUT2D eigenvalue weighted by atomic mass is 10.0. The van der Waals surface area contributed by atoms with Crippen LogP contribution >= 0.6 is 0 Å². The predicted octanol–water partition coefficient (Wildman–Crippen LogP) is 1.22. The van der Waals surface area contributed by atoms with Crippen LogP contribution in [0.3, 0.4) is 0 Å². The van der Waals surface area contributed by atoms with E-state index in [1.54, 1.807) is 11.1 Å². The quantitative estimate of drug-likeness (QED) is 0.711. The van der Waals surface area contributed by atoms with E-state index in [4.69, 9.17) is 11.5 Å². The van der Waals surface area contributed by atoms with Crippen molar-refractivity contribution < 1.29 is 14.7 Å². The summed E-state index contributed by atoms with van der Waals surface area (Å²) < 4.78 is 0. The number of aromatic amines is 1. The normalized spacial score (nSPS) is 18.7. The van der Waals surface area contributed by atoms with Crippen LogP contribution in [0.25, 0.3) is 0 Å². The van der Waals surface area contributed by atoms with Crippen LogP contribution < -0.4 is 5.32 Å². The average Bonchev–Trinajstić information content (AvgIpc) is 3.13. The number of nitrogens with one attached hydrogen (secondary N) is 2. The first-order valence-corrected chi connectivity index (χ1v) is 7.72.